The van der Waals surface area contributed by atoms with E-state index in [2.05, 4.69) is 15.7 Å². The predicted octanol–water partition coefficient (Wildman–Crippen LogP) is 4.27. The summed E-state index contributed by atoms with van der Waals surface area (Å²) in [7, 11) is 3.22. The molecule has 2 aromatic carbocycles. The fourth-order valence-electron chi connectivity index (χ4n) is 2.87. The first-order chi connectivity index (χ1) is 14.5. The second kappa shape index (κ2) is 10.3. The average Bonchev–Trinajstić information content (AvgIpc) is 3.16. The highest BCUT2D eigenvalue weighted by Crippen LogP contribution is 2.27. The van der Waals surface area contributed by atoms with Crippen molar-refractivity contribution in [3.05, 3.63) is 70.8 Å². The van der Waals surface area contributed by atoms with E-state index in [0.29, 0.717) is 34.7 Å². The van der Waals surface area contributed by atoms with Crippen LogP contribution in [0.2, 0.25) is 5.02 Å². The quantitative estimate of drug-likeness (QED) is 0.502. The molecule has 3 rings (SSSR count). The Bertz CT molecular complexity index is 1030. The summed E-state index contributed by atoms with van der Waals surface area (Å²) in [6.07, 6.45) is 4.24. The zero-order valence-electron chi connectivity index (χ0n) is 16.6. The minimum absolute atomic E-state index is 0.365. The Kier molecular flexibility index (Phi) is 7.48. The first-order valence-corrected chi connectivity index (χ1v) is 9.99. The molecule has 6 nitrogen and oxygen atoms in total. The second-order valence-electron chi connectivity index (χ2n) is 6.48. The molecule has 0 saturated carbocycles. The van der Waals surface area contributed by atoms with Crippen LogP contribution in [0, 0.1) is 5.82 Å². The van der Waals surface area contributed by atoms with E-state index in [1.54, 1.807) is 31.2 Å². The fourth-order valence-corrected chi connectivity index (χ4v) is 3.32. The lowest BCUT2D eigenvalue weighted by molar-refractivity contribution is 0.354. The van der Waals surface area contributed by atoms with Gasteiger partial charge in [0.05, 0.1) is 32.6 Å². The van der Waals surface area contributed by atoms with Gasteiger partial charge in [-0.25, -0.2) is 4.39 Å². The molecule has 1 heterocycles. The summed E-state index contributed by atoms with van der Waals surface area (Å²) in [6, 6.07) is 10.1. The van der Waals surface area contributed by atoms with Crippen LogP contribution in [0.25, 0.3) is 0 Å². The number of nitrogens with one attached hydrogen (secondary N) is 2. The number of benzene rings is 2. The van der Waals surface area contributed by atoms with Crippen molar-refractivity contribution >= 4 is 34.6 Å². The van der Waals surface area contributed by atoms with Crippen LogP contribution in [0.3, 0.4) is 0 Å². The summed E-state index contributed by atoms with van der Waals surface area (Å²) in [4.78, 5) is 0. The summed E-state index contributed by atoms with van der Waals surface area (Å²) in [5.74, 6) is 1.03. The SMILES string of the molecule is COc1ccc(CCNC(=S)Nc2cnn(Cc3ccc(F)cc3Cl)c2)cc1OC. The first-order valence-electron chi connectivity index (χ1n) is 9.20. The molecule has 0 atom stereocenters. The van der Waals surface area contributed by atoms with Crippen LogP contribution < -0.4 is 20.1 Å². The molecule has 0 amide bonds. The monoisotopic (exact) mass is 448 g/mol. The number of methoxy groups -OCH3 is 2. The normalized spacial score (nSPS) is 10.5. The Morgan fingerprint density at radius 2 is 1.97 bits per heavy atom. The van der Waals surface area contributed by atoms with E-state index in [0.717, 1.165) is 23.2 Å². The highest BCUT2D eigenvalue weighted by molar-refractivity contribution is 7.80. The van der Waals surface area contributed by atoms with Crippen LogP contribution in [0.5, 0.6) is 11.5 Å². The van der Waals surface area contributed by atoms with Crippen molar-refractivity contribution in [3.63, 3.8) is 0 Å². The number of halogens is 2. The Morgan fingerprint density at radius 1 is 1.17 bits per heavy atom. The standard InChI is InChI=1S/C21H22ClFN4O2S/c1-28-19-6-3-14(9-20(19)29-2)7-8-24-21(30)26-17-11-25-27(13-17)12-15-4-5-16(23)10-18(15)22/h3-6,9-11,13H,7-8,12H2,1-2H3,(H2,24,26,30). The lowest BCUT2D eigenvalue weighted by atomic mass is 10.1. The van der Waals surface area contributed by atoms with E-state index in [4.69, 9.17) is 33.3 Å². The number of anilines is 1. The molecule has 0 aliphatic carbocycles. The fraction of sp³-hybridized carbons (Fsp3) is 0.238. The predicted molar refractivity (Wildman–Crippen MR) is 120 cm³/mol. The van der Waals surface area contributed by atoms with Crippen molar-refractivity contribution in [1.82, 2.24) is 15.1 Å². The van der Waals surface area contributed by atoms with Crippen molar-refractivity contribution in [2.24, 2.45) is 0 Å². The summed E-state index contributed by atoms with van der Waals surface area (Å²) < 4.78 is 25.4. The van der Waals surface area contributed by atoms with E-state index < -0.39 is 0 Å². The molecule has 0 aliphatic heterocycles. The van der Waals surface area contributed by atoms with Gasteiger partial charge in [0.1, 0.15) is 5.82 Å². The number of aromatic nitrogens is 2. The van der Waals surface area contributed by atoms with Gasteiger partial charge in [-0.15, -0.1) is 0 Å². The van der Waals surface area contributed by atoms with Crippen LogP contribution in [0.15, 0.2) is 48.8 Å². The molecular weight excluding hydrogens is 427 g/mol. The van der Waals surface area contributed by atoms with Crippen molar-refractivity contribution in [2.45, 2.75) is 13.0 Å². The van der Waals surface area contributed by atoms with Gasteiger partial charge in [0.2, 0.25) is 0 Å². The van der Waals surface area contributed by atoms with Crippen LogP contribution in [0.4, 0.5) is 10.1 Å². The zero-order valence-corrected chi connectivity index (χ0v) is 18.2. The minimum Gasteiger partial charge on any atom is -0.493 e. The largest absolute Gasteiger partial charge is 0.493 e. The van der Waals surface area contributed by atoms with E-state index >= 15 is 0 Å². The van der Waals surface area contributed by atoms with Gasteiger partial charge in [0.15, 0.2) is 16.6 Å². The van der Waals surface area contributed by atoms with Gasteiger partial charge < -0.3 is 20.1 Å². The number of hydrogen-bond acceptors (Lipinski definition) is 4. The molecule has 2 N–H and O–H groups in total. The molecule has 30 heavy (non-hydrogen) atoms. The average molecular weight is 449 g/mol. The molecule has 158 valence electrons. The summed E-state index contributed by atoms with van der Waals surface area (Å²) in [6.45, 7) is 1.08. The maximum Gasteiger partial charge on any atom is 0.170 e. The van der Waals surface area contributed by atoms with E-state index in [1.165, 1.54) is 12.1 Å². The molecule has 3 aromatic rings. The van der Waals surface area contributed by atoms with Crippen LogP contribution in [-0.4, -0.2) is 35.7 Å². The number of ether oxygens (including phenoxy) is 2. The summed E-state index contributed by atoms with van der Waals surface area (Å²) in [5.41, 5.74) is 2.63. The Morgan fingerprint density at radius 3 is 2.70 bits per heavy atom. The maximum absolute atomic E-state index is 13.2. The third-order valence-corrected chi connectivity index (χ3v) is 4.98. The van der Waals surface area contributed by atoms with Crippen molar-refractivity contribution in [3.8, 4) is 11.5 Å². The van der Waals surface area contributed by atoms with Gasteiger partial charge >= 0.3 is 0 Å². The maximum atomic E-state index is 13.2. The molecule has 0 spiro atoms. The van der Waals surface area contributed by atoms with Gasteiger partial charge in [-0.2, -0.15) is 5.10 Å². The number of rotatable bonds is 8. The first kappa shape index (κ1) is 21.9. The third kappa shape index (κ3) is 5.84. The molecule has 1 aromatic heterocycles. The number of nitrogens with zero attached hydrogens (tertiary/aromatic N) is 2. The molecule has 9 heteroatoms. The van der Waals surface area contributed by atoms with Gasteiger partial charge in [-0.1, -0.05) is 23.7 Å². The summed E-state index contributed by atoms with van der Waals surface area (Å²) in [5, 5.41) is 11.4. The topological polar surface area (TPSA) is 60.3 Å². The van der Waals surface area contributed by atoms with Crippen LogP contribution in [0.1, 0.15) is 11.1 Å². The zero-order chi connectivity index (χ0) is 21.5. The third-order valence-electron chi connectivity index (χ3n) is 4.39. The smallest absolute Gasteiger partial charge is 0.170 e. The van der Waals surface area contributed by atoms with Crippen molar-refractivity contribution in [1.29, 1.82) is 0 Å². The number of hydrogen-bond donors (Lipinski definition) is 2. The molecule has 0 saturated heterocycles. The Labute approximate surface area is 184 Å². The molecule has 0 unspecified atom stereocenters. The lowest BCUT2D eigenvalue weighted by Gasteiger charge is -2.11. The Balaban J connectivity index is 1.48. The Hall–Kier alpha value is -2.84. The molecule has 0 bridgehead atoms. The molecule has 0 fully saturated rings. The van der Waals surface area contributed by atoms with E-state index in [1.807, 2.05) is 24.4 Å². The summed E-state index contributed by atoms with van der Waals surface area (Å²) >= 11 is 11.4. The van der Waals surface area contributed by atoms with E-state index in [-0.39, 0.29) is 5.82 Å². The number of thiocarbonyl (C=S) groups is 1. The van der Waals surface area contributed by atoms with Gasteiger partial charge in [0, 0.05) is 17.8 Å². The minimum atomic E-state index is -0.365. The second-order valence-corrected chi connectivity index (χ2v) is 7.30. The van der Waals surface area contributed by atoms with Gasteiger partial charge in [0.25, 0.3) is 0 Å². The molecule has 0 aliphatic rings. The van der Waals surface area contributed by atoms with E-state index in [9.17, 15) is 4.39 Å². The van der Waals surface area contributed by atoms with Crippen molar-refractivity contribution < 1.29 is 13.9 Å². The highest BCUT2D eigenvalue weighted by Gasteiger charge is 2.07. The van der Waals surface area contributed by atoms with Crippen molar-refractivity contribution in [2.75, 3.05) is 26.1 Å². The highest BCUT2D eigenvalue weighted by atomic mass is 35.5. The molecular formula is C21H22ClFN4O2S. The molecule has 0 radical (unpaired) electrons. The van der Waals surface area contributed by atoms with Gasteiger partial charge in [-0.3, -0.25) is 4.68 Å². The van der Waals surface area contributed by atoms with Crippen LogP contribution in [-0.2, 0) is 13.0 Å². The lowest BCUT2D eigenvalue weighted by Crippen LogP contribution is -2.30. The van der Waals surface area contributed by atoms with Gasteiger partial charge in [-0.05, 0) is 54.0 Å². The van der Waals surface area contributed by atoms with Crippen LogP contribution >= 0.6 is 23.8 Å².